The number of aromatic nitrogens is 1. The molecule has 1 aromatic carbocycles. The Kier molecular flexibility index (Phi) is 4.70. The number of nitrogens with zero attached hydrogens (tertiary/aromatic N) is 2. The number of allylic oxidation sites excluding steroid dienone is 3. The molecule has 0 saturated carbocycles. The molecule has 0 saturated heterocycles. The van der Waals surface area contributed by atoms with Crippen molar-refractivity contribution < 1.29 is 9.18 Å². The maximum atomic E-state index is 13.2. The molecule has 1 atom stereocenters. The van der Waals surface area contributed by atoms with Gasteiger partial charge in [0.1, 0.15) is 5.82 Å². The Morgan fingerprint density at radius 2 is 2.04 bits per heavy atom. The maximum Gasteiger partial charge on any atom is 0.263 e. The number of hydrogen-bond donors (Lipinski definition) is 2. The monoisotopic (exact) mass is 362 g/mol. The average Bonchev–Trinajstić information content (AvgIpc) is 3.09. The number of halogens is 1. The lowest BCUT2D eigenvalue weighted by Crippen LogP contribution is -2.48. The van der Waals surface area contributed by atoms with Crippen LogP contribution in [-0.2, 0) is 11.2 Å². The highest BCUT2D eigenvalue weighted by Crippen LogP contribution is 2.30. The lowest BCUT2D eigenvalue weighted by molar-refractivity contribution is -0.125. The van der Waals surface area contributed by atoms with Gasteiger partial charge in [0.2, 0.25) is 0 Å². The normalized spacial score (nSPS) is 17.7. The number of hydrogen-bond acceptors (Lipinski definition) is 4. The fraction of sp³-hybridized carbons (Fsp3) is 0.143. The zero-order valence-electron chi connectivity index (χ0n) is 14.6. The van der Waals surface area contributed by atoms with E-state index in [9.17, 15) is 9.18 Å². The first-order chi connectivity index (χ1) is 13.2. The third kappa shape index (κ3) is 3.60. The first-order valence-electron chi connectivity index (χ1n) is 8.80. The Morgan fingerprint density at radius 3 is 2.81 bits per heavy atom. The number of amides is 1. The predicted molar refractivity (Wildman–Crippen MR) is 101 cm³/mol. The number of benzene rings is 1. The Morgan fingerprint density at radius 1 is 1.19 bits per heavy atom. The summed E-state index contributed by atoms with van der Waals surface area (Å²) >= 11 is 0. The molecule has 0 spiro atoms. The summed E-state index contributed by atoms with van der Waals surface area (Å²) in [6.45, 7) is 0.503. The highest BCUT2D eigenvalue weighted by atomic mass is 19.1. The van der Waals surface area contributed by atoms with Crippen LogP contribution in [-0.4, -0.2) is 28.5 Å². The van der Waals surface area contributed by atoms with E-state index in [2.05, 4.69) is 15.6 Å². The van der Waals surface area contributed by atoms with Crippen molar-refractivity contribution in [1.29, 1.82) is 0 Å². The third-order valence-corrected chi connectivity index (χ3v) is 4.49. The summed E-state index contributed by atoms with van der Waals surface area (Å²) in [6.07, 6.45) is 9.45. The summed E-state index contributed by atoms with van der Waals surface area (Å²) in [5.41, 5.74) is 3.46. The van der Waals surface area contributed by atoms with Gasteiger partial charge >= 0.3 is 0 Å². The lowest BCUT2D eigenvalue weighted by Gasteiger charge is -2.24. The van der Waals surface area contributed by atoms with E-state index in [1.807, 2.05) is 47.5 Å². The number of pyridine rings is 1. The van der Waals surface area contributed by atoms with Gasteiger partial charge in [0, 0.05) is 31.1 Å². The van der Waals surface area contributed by atoms with Crippen LogP contribution < -0.4 is 10.6 Å². The molecule has 1 amide bonds. The van der Waals surface area contributed by atoms with Gasteiger partial charge in [-0.2, -0.15) is 0 Å². The van der Waals surface area contributed by atoms with E-state index in [-0.39, 0.29) is 11.7 Å². The molecule has 2 aromatic rings. The molecular weight excluding hydrogens is 343 g/mol. The minimum absolute atomic E-state index is 0.125. The first-order valence-corrected chi connectivity index (χ1v) is 8.80. The molecule has 0 fully saturated rings. The molecule has 5 nitrogen and oxygen atoms in total. The summed E-state index contributed by atoms with van der Waals surface area (Å²) in [5, 5.41) is 6.23. The molecule has 0 radical (unpaired) electrons. The van der Waals surface area contributed by atoms with E-state index in [4.69, 9.17) is 0 Å². The summed E-state index contributed by atoms with van der Waals surface area (Å²) in [7, 11) is 0. The molecule has 27 heavy (non-hydrogen) atoms. The van der Waals surface area contributed by atoms with Crippen molar-refractivity contribution >= 4 is 11.6 Å². The van der Waals surface area contributed by atoms with Gasteiger partial charge in [-0.1, -0.05) is 12.1 Å². The predicted octanol–water partition coefficient (Wildman–Crippen LogP) is 2.56. The first kappa shape index (κ1) is 17.0. The van der Waals surface area contributed by atoms with Crippen LogP contribution in [0.4, 0.5) is 4.39 Å². The minimum atomic E-state index is -0.551. The second-order valence-corrected chi connectivity index (χ2v) is 6.28. The van der Waals surface area contributed by atoms with Crippen LogP contribution in [0, 0.1) is 5.82 Å². The van der Waals surface area contributed by atoms with E-state index in [1.54, 1.807) is 18.3 Å². The van der Waals surface area contributed by atoms with Crippen LogP contribution in [0.5, 0.6) is 0 Å². The third-order valence-electron chi connectivity index (χ3n) is 4.49. The summed E-state index contributed by atoms with van der Waals surface area (Å²) in [6, 6.07) is 12.0. The number of fused-ring (bicyclic) bond motifs is 1. The zero-order chi connectivity index (χ0) is 18.6. The van der Waals surface area contributed by atoms with Gasteiger partial charge in [-0.25, -0.2) is 4.39 Å². The number of carbonyl (C=O) groups is 1. The van der Waals surface area contributed by atoms with Gasteiger partial charge in [-0.05, 0) is 54.1 Å². The SMILES string of the molecule is O=C(NCCc1ccccn1)C1NC(c2ccc(F)cc2)=C2C=CC=CN21. The van der Waals surface area contributed by atoms with Crippen molar-refractivity contribution in [3.63, 3.8) is 0 Å². The van der Waals surface area contributed by atoms with Crippen molar-refractivity contribution in [3.05, 3.63) is 95.9 Å². The van der Waals surface area contributed by atoms with Gasteiger partial charge in [0.25, 0.3) is 5.91 Å². The van der Waals surface area contributed by atoms with Gasteiger partial charge in [0.15, 0.2) is 6.17 Å². The summed E-state index contributed by atoms with van der Waals surface area (Å²) in [5.74, 6) is -0.414. The lowest BCUT2D eigenvalue weighted by atomic mass is 10.1. The highest BCUT2D eigenvalue weighted by Gasteiger charge is 2.34. The minimum Gasteiger partial charge on any atom is -0.355 e. The molecule has 136 valence electrons. The van der Waals surface area contributed by atoms with Crippen LogP contribution in [0.1, 0.15) is 11.3 Å². The van der Waals surface area contributed by atoms with E-state index < -0.39 is 6.17 Å². The molecule has 6 heteroatoms. The standard InChI is InChI=1S/C21H19FN4O/c22-16-9-7-15(8-10-16)19-18-6-2-4-14-26(18)20(25-19)21(27)24-13-11-17-5-1-3-12-23-17/h1-10,12,14,20,25H,11,13H2,(H,24,27). The van der Waals surface area contributed by atoms with E-state index >= 15 is 0 Å². The number of rotatable bonds is 5. The van der Waals surface area contributed by atoms with Crippen molar-refractivity contribution in [3.8, 4) is 0 Å². The Balaban J connectivity index is 1.46. The molecule has 0 aliphatic carbocycles. The van der Waals surface area contributed by atoms with Gasteiger partial charge in [-0.15, -0.1) is 0 Å². The molecule has 2 N–H and O–H groups in total. The van der Waals surface area contributed by atoms with E-state index in [0.29, 0.717) is 13.0 Å². The van der Waals surface area contributed by atoms with Crippen LogP contribution in [0.25, 0.3) is 5.70 Å². The van der Waals surface area contributed by atoms with E-state index in [0.717, 1.165) is 22.7 Å². The van der Waals surface area contributed by atoms with Crippen molar-refractivity contribution in [1.82, 2.24) is 20.5 Å². The smallest absolute Gasteiger partial charge is 0.263 e. The fourth-order valence-corrected chi connectivity index (χ4v) is 3.17. The van der Waals surface area contributed by atoms with Crippen molar-refractivity contribution in [2.24, 2.45) is 0 Å². The molecule has 1 unspecified atom stereocenters. The molecule has 3 heterocycles. The summed E-state index contributed by atoms with van der Waals surface area (Å²) in [4.78, 5) is 18.9. The molecule has 0 bridgehead atoms. The topological polar surface area (TPSA) is 57.3 Å². The maximum absolute atomic E-state index is 13.2. The highest BCUT2D eigenvalue weighted by molar-refractivity contribution is 5.87. The second kappa shape index (κ2) is 7.45. The van der Waals surface area contributed by atoms with Gasteiger partial charge in [-0.3, -0.25) is 9.78 Å². The van der Waals surface area contributed by atoms with Crippen LogP contribution in [0.2, 0.25) is 0 Å². The van der Waals surface area contributed by atoms with Crippen LogP contribution >= 0.6 is 0 Å². The fourth-order valence-electron chi connectivity index (χ4n) is 3.17. The van der Waals surface area contributed by atoms with E-state index in [1.165, 1.54) is 12.1 Å². The van der Waals surface area contributed by atoms with Gasteiger partial charge in [0.05, 0.1) is 11.4 Å². The molecule has 1 aromatic heterocycles. The number of nitrogens with one attached hydrogen (secondary N) is 2. The Hall–Kier alpha value is -3.41. The van der Waals surface area contributed by atoms with Crippen LogP contribution in [0.3, 0.4) is 0 Å². The van der Waals surface area contributed by atoms with Crippen molar-refractivity contribution in [2.45, 2.75) is 12.6 Å². The summed E-state index contributed by atoms with van der Waals surface area (Å²) < 4.78 is 13.2. The quantitative estimate of drug-likeness (QED) is 0.858. The zero-order valence-corrected chi connectivity index (χ0v) is 14.6. The largest absolute Gasteiger partial charge is 0.355 e. The van der Waals surface area contributed by atoms with Crippen molar-refractivity contribution in [2.75, 3.05) is 6.54 Å². The molecular formula is C21H19FN4O. The Labute approximate surface area is 156 Å². The van der Waals surface area contributed by atoms with Crippen LogP contribution in [0.15, 0.2) is 78.8 Å². The molecule has 2 aliphatic heterocycles. The van der Waals surface area contributed by atoms with Gasteiger partial charge < -0.3 is 15.5 Å². The Bertz CT molecular complexity index is 919. The second-order valence-electron chi connectivity index (χ2n) is 6.28. The number of carbonyl (C=O) groups excluding carboxylic acids is 1. The average molecular weight is 362 g/mol. The molecule has 4 rings (SSSR count). The molecule has 2 aliphatic rings.